The monoisotopic (exact) mass is 328 g/mol. The molecule has 0 bridgehead atoms. The van der Waals surface area contributed by atoms with Crippen molar-refractivity contribution < 1.29 is 9.53 Å². The number of nitrogens with zero attached hydrogens (tertiary/aromatic N) is 4. The van der Waals surface area contributed by atoms with Gasteiger partial charge in [-0.25, -0.2) is 4.98 Å². The number of piperidine rings is 1. The van der Waals surface area contributed by atoms with E-state index >= 15 is 0 Å². The average molecular weight is 328 g/mol. The molecule has 1 aliphatic heterocycles. The molecule has 1 aliphatic rings. The van der Waals surface area contributed by atoms with Crippen LogP contribution >= 0.6 is 0 Å². The maximum atomic E-state index is 12.7. The van der Waals surface area contributed by atoms with Crippen LogP contribution in [0.1, 0.15) is 48.7 Å². The fraction of sp³-hybridized carbons (Fsp3) is 0.500. The molecule has 6 nitrogen and oxygen atoms in total. The average Bonchev–Trinajstić information content (AvgIpc) is 3.01. The molecule has 0 saturated carbocycles. The number of hydrogen-bond donors (Lipinski definition) is 0. The number of likely N-dealkylation sites (tertiary alicyclic amines) is 1. The molecular formula is C18H24N4O2. The molecule has 6 heteroatoms. The van der Waals surface area contributed by atoms with Crippen molar-refractivity contribution in [2.24, 2.45) is 0 Å². The second-order valence-electron chi connectivity index (χ2n) is 6.60. The van der Waals surface area contributed by atoms with Crippen LogP contribution in [-0.2, 0) is 0 Å². The van der Waals surface area contributed by atoms with Gasteiger partial charge >= 0.3 is 0 Å². The summed E-state index contributed by atoms with van der Waals surface area (Å²) >= 11 is 0. The number of amides is 1. The Hall–Kier alpha value is -2.37. The van der Waals surface area contributed by atoms with E-state index in [0.29, 0.717) is 18.0 Å². The van der Waals surface area contributed by atoms with Crippen LogP contribution in [0.5, 0.6) is 5.88 Å². The molecule has 2 aromatic rings. The van der Waals surface area contributed by atoms with Gasteiger partial charge in [0.15, 0.2) is 0 Å². The summed E-state index contributed by atoms with van der Waals surface area (Å²) in [7, 11) is 0. The second-order valence-corrected chi connectivity index (χ2v) is 6.60. The molecule has 0 N–H and O–H groups in total. The van der Waals surface area contributed by atoms with Crippen molar-refractivity contribution >= 4 is 5.91 Å². The van der Waals surface area contributed by atoms with Crippen molar-refractivity contribution in [3.63, 3.8) is 0 Å². The van der Waals surface area contributed by atoms with Crippen molar-refractivity contribution in [2.75, 3.05) is 13.1 Å². The molecule has 2 aromatic heterocycles. The highest BCUT2D eigenvalue weighted by atomic mass is 16.5. The van der Waals surface area contributed by atoms with Crippen molar-refractivity contribution in [3.05, 3.63) is 41.9 Å². The van der Waals surface area contributed by atoms with Gasteiger partial charge in [0.1, 0.15) is 0 Å². The van der Waals surface area contributed by atoms with Crippen molar-refractivity contribution in [1.82, 2.24) is 19.7 Å². The van der Waals surface area contributed by atoms with Crippen molar-refractivity contribution in [3.8, 4) is 5.88 Å². The minimum Gasteiger partial charge on any atom is -0.475 e. The van der Waals surface area contributed by atoms with Gasteiger partial charge in [-0.1, -0.05) is 0 Å². The van der Waals surface area contributed by atoms with Crippen LogP contribution in [-0.4, -0.2) is 44.8 Å². The number of pyridine rings is 1. The zero-order valence-electron chi connectivity index (χ0n) is 14.5. The van der Waals surface area contributed by atoms with Crippen molar-refractivity contribution in [1.29, 1.82) is 0 Å². The van der Waals surface area contributed by atoms with Gasteiger partial charge in [-0.15, -0.1) is 0 Å². The first-order valence-corrected chi connectivity index (χ1v) is 8.45. The largest absolute Gasteiger partial charge is 0.475 e. The Kier molecular flexibility index (Phi) is 4.83. The van der Waals surface area contributed by atoms with Gasteiger partial charge in [-0.3, -0.25) is 9.48 Å². The van der Waals surface area contributed by atoms with E-state index in [2.05, 4.69) is 10.1 Å². The third-order valence-corrected chi connectivity index (χ3v) is 4.13. The molecule has 128 valence electrons. The van der Waals surface area contributed by atoms with E-state index < -0.39 is 0 Å². The Balaban J connectivity index is 1.67. The molecule has 1 unspecified atom stereocenters. The summed E-state index contributed by atoms with van der Waals surface area (Å²) in [5.74, 6) is 0.567. The molecule has 1 amide bonds. The predicted molar refractivity (Wildman–Crippen MR) is 91.1 cm³/mol. The molecule has 0 spiro atoms. The van der Waals surface area contributed by atoms with E-state index in [9.17, 15) is 4.79 Å². The summed E-state index contributed by atoms with van der Waals surface area (Å²) in [6.45, 7) is 7.39. The minimum atomic E-state index is 0.0205. The lowest BCUT2D eigenvalue weighted by Crippen LogP contribution is -2.40. The number of rotatable bonds is 4. The van der Waals surface area contributed by atoms with Crippen LogP contribution in [0.4, 0.5) is 0 Å². The number of carbonyl (C=O) groups excluding carboxylic acids is 1. The standard InChI is InChI=1S/C18H24N4O2/c1-13(2)24-17-7-6-15(10-19-17)18(23)21-8-4-5-16(12-21)22-11-14(3)9-20-22/h6-7,9-11,13,16H,4-5,8,12H2,1-3H3. The SMILES string of the molecule is Cc1cnn(C2CCCN(C(=O)c3ccc(OC(C)C)nc3)C2)c1. The quantitative estimate of drug-likeness (QED) is 0.866. The van der Waals surface area contributed by atoms with Crippen LogP contribution < -0.4 is 4.74 Å². The van der Waals surface area contributed by atoms with Gasteiger partial charge < -0.3 is 9.64 Å². The summed E-state index contributed by atoms with van der Waals surface area (Å²) in [6, 6.07) is 3.79. The van der Waals surface area contributed by atoms with E-state index in [0.717, 1.165) is 24.9 Å². The summed E-state index contributed by atoms with van der Waals surface area (Å²) in [5, 5.41) is 4.39. The van der Waals surface area contributed by atoms with Crippen LogP contribution in [0.15, 0.2) is 30.7 Å². The molecule has 0 aromatic carbocycles. The Morgan fingerprint density at radius 2 is 2.17 bits per heavy atom. The number of ether oxygens (including phenoxy) is 1. The predicted octanol–water partition coefficient (Wildman–Crippen LogP) is 2.85. The van der Waals surface area contributed by atoms with Gasteiger partial charge in [0.05, 0.1) is 23.9 Å². The topological polar surface area (TPSA) is 60.2 Å². The molecule has 3 heterocycles. The van der Waals surface area contributed by atoms with Gasteiger partial charge in [-0.2, -0.15) is 5.10 Å². The summed E-state index contributed by atoms with van der Waals surface area (Å²) in [6.07, 6.45) is 7.60. The third-order valence-electron chi connectivity index (χ3n) is 4.13. The maximum Gasteiger partial charge on any atom is 0.255 e. The van der Waals surface area contributed by atoms with Crippen LogP contribution in [0.25, 0.3) is 0 Å². The minimum absolute atomic E-state index is 0.0205. The van der Waals surface area contributed by atoms with Gasteiger partial charge in [0.25, 0.3) is 5.91 Å². The van der Waals surface area contributed by atoms with Crippen molar-refractivity contribution in [2.45, 2.75) is 45.8 Å². The molecule has 24 heavy (non-hydrogen) atoms. The van der Waals surface area contributed by atoms with Crippen LogP contribution in [0, 0.1) is 6.92 Å². The number of carbonyl (C=O) groups is 1. The maximum absolute atomic E-state index is 12.7. The van der Waals surface area contributed by atoms with Gasteiger partial charge in [0, 0.05) is 31.5 Å². The summed E-state index contributed by atoms with van der Waals surface area (Å²) in [4.78, 5) is 18.9. The molecule has 1 fully saturated rings. The third kappa shape index (κ3) is 3.75. The first kappa shape index (κ1) is 16.5. The Labute approximate surface area is 142 Å². The van der Waals surface area contributed by atoms with Crippen LogP contribution in [0.3, 0.4) is 0 Å². The highest BCUT2D eigenvalue weighted by Gasteiger charge is 2.26. The highest BCUT2D eigenvalue weighted by Crippen LogP contribution is 2.23. The fourth-order valence-electron chi connectivity index (χ4n) is 2.99. The van der Waals surface area contributed by atoms with Gasteiger partial charge in [-0.05, 0) is 45.2 Å². The van der Waals surface area contributed by atoms with Gasteiger partial charge in [0.2, 0.25) is 5.88 Å². The summed E-state index contributed by atoms with van der Waals surface area (Å²) < 4.78 is 7.50. The van der Waals surface area contributed by atoms with E-state index in [4.69, 9.17) is 4.74 Å². The number of aryl methyl sites for hydroxylation is 1. The lowest BCUT2D eigenvalue weighted by atomic mass is 10.0. The van der Waals surface area contributed by atoms with Crippen LogP contribution in [0.2, 0.25) is 0 Å². The Morgan fingerprint density at radius 3 is 2.79 bits per heavy atom. The smallest absolute Gasteiger partial charge is 0.255 e. The Bertz CT molecular complexity index is 693. The zero-order valence-corrected chi connectivity index (χ0v) is 14.5. The first-order chi connectivity index (χ1) is 11.5. The van der Waals surface area contributed by atoms with E-state index in [1.165, 1.54) is 0 Å². The zero-order chi connectivity index (χ0) is 17.1. The summed E-state index contributed by atoms with van der Waals surface area (Å²) in [5.41, 5.74) is 1.74. The van der Waals surface area contributed by atoms with E-state index in [1.54, 1.807) is 18.3 Å². The number of hydrogen-bond acceptors (Lipinski definition) is 4. The first-order valence-electron chi connectivity index (χ1n) is 8.45. The van der Waals surface area contributed by atoms with E-state index in [1.807, 2.05) is 42.7 Å². The molecule has 3 rings (SSSR count). The highest BCUT2D eigenvalue weighted by molar-refractivity contribution is 5.94. The molecule has 0 aliphatic carbocycles. The normalized spacial score (nSPS) is 18.0. The molecular weight excluding hydrogens is 304 g/mol. The molecule has 1 saturated heterocycles. The number of aromatic nitrogens is 3. The fourth-order valence-corrected chi connectivity index (χ4v) is 2.99. The second kappa shape index (κ2) is 7.03. The Morgan fingerprint density at radius 1 is 1.33 bits per heavy atom. The lowest BCUT2D eigenvalue weighted by Gasteiger charge is -2.32. The van der Waals surface area contributed by atoms with E-state index in [-0.39, 0.29) is 18.1 Å². The lowest BCUT2D eigenvalue weighted by molar-refractivity contribution is 0.0672. The molecule has 1 atom stereocenters. The molecule has 0 radical (unpaired) electrons.